The molecule has 3 nitrogen and oxygen atoms in total. The molecule has 0 bridgehead atoms. The Kier molecular flexibility index (Phi) is 3.41. The van der Waals surface area contributed by atoms with Gasteiger partial charge in [0.25, 0.3) is 0 Å². The first-order chi connectivity index (χ1) is 7.27. The van der Waals surface area contributed by atoms with E-state index in [0.717, 1.165) is 25.0 Å². The molecule has 2 unspecified atom stereocenters. The molecule has 2 aliphatic rings. The van der Waals surface area contributed by atoms with Crippen LogP contribution >= 0.6 is 0 Å². The highest BCUT2D eigenvalue weighted by Gasteiger charge is 2.33. The van der Waals surface area contributed by atoms with E-state index in [0.29, 0.717) is 0 Å². The standard InChI is InChI=1S/C12H19NO2/c14-12(15)7-3-9-13-8-2-5-10-4-1-6-11(10)13/h3,7,10-11H,1-2,4-6,8-9H2,(H,14,15)/b7-3+. The van der Waals surface area contributed by atoms with Gasteiger partial charge in [0.15, 0.2) is 0 Å². The van der Waals surface area contributed by atoms with Gasteiger partial charge >= 0.3 is 5.97 Å². The molecule has 3 heteroatoms. The van der Waals surface area contributed by atoms with Crippen LogP contribution in [-0.2, 0) is 4.79 Å². The minimum absolute atomic E-state index is 0.734. The molecule has 1 aliphatic heterocycles. The molecule has 1 heterocycles. The fraction of sp³-hybridized carbons (Fsp3) is 0.750. The highest BCUT2D eigenvalue weighted by atomic mass is 16.4. The molecule has 1 saturated heterocycles. The van der Waals surface area contributed by atoms with Gasteiger partial charge in [-0.15, -0.1) is 0 Å². The Morgan fingerprint density at radius 3 is 2.93 bits per heavy atom. The van der Waals surface area contributed by atoms with Gasteiger partial charge in [0, 0.05) is 18.7 Å². The monoisotopic (exact) mass is 209 g/mol. The molecule has 0 aromatic rings. The Morgan fingerprint density at radius 2 is 2.13 bits per heavy atom. The normalized spacial score (nSPS) is 32.0. The fourth-order valence-electron chi connectivity index (χ4n) is 3.07. The summed E-state index contributed by atoms with van der Waals surface area (Å²) >= 11 is 0. The predicted octanol–water partition coefficient (Wildman–Crippen LogP) is 1.89. The highest BCUT2D eigenvalue weighted by molar-refractivity contribution is 5.79. The second kappa shape index (κ2) is 4.79. The Balaban J connectivity index is 1.88. The molecule has 1 N–H and O–H groups in total. The van der Waals surface area contributed by atoms with Gasteiger partial charge in [-0.05, 0) is 38.1 Å². The number of carbonyl (C=O) groups is 1. The number of likely N-dealkylation sites (tertiary alicyclic amines) is 1. The van der Waals surface area contributed by atoms with Crippen LogP contribution in [0, 0.1) is 5.92 Å². The minimum Gasteiger partial charge on any atom is -0.478 e. The Morgan fingerprint density at radius 1 is 1.33 bits per heavy atom. The number of aliphatic carboxylic acids is 1. The second-order valence-corrected chi connectivity index (χ2v) is 4.64. The molecule has 2 atom stereocenters. The van der Waals surface area contributed by atoms with Gasteiger partial charge in [0.2, 0.25) is 0 Å². The quantitative estimate of drug-likeness (QED) is 0.722. The molecule has 0 aromatic heterocycles. The zero-order valence-corrected chi connectivity index (χ0v) is 9.06. The maximum Gasteiger partial charge on any atom is 0.328 e. The van der Waals surface area contributed by atoms with E-state index in [1.54, 1.807) is 6.08 Å². The number of carboxylic acids is 1. The average molecular weight is 209 g/mol. The number of nitrogens with zero attached hydrogens (tertiary/aromatic N) is 1. The number of hydrogen-bond acceptors (Lipinski definition) is 2. The van der Waals surface area contributed by atoms with E-state index >= 15 is 0 Å². The van der Waals surface area contributed by atoms with E-state index in [9.17, 15) is 4.79 Å². The van der Waals surface area contributed by atoms with Crippen molar-refractivity contribution >= 4 is 5.97 Å². The second-order valence-electron chi connectivity index (χ2n) is 4.64. The first kappa shape index (κ1) is 10.7. The van der Waals surface area contributed by atoms with E-state index in [2.05, 4.69) is 4.90 Å². The molecule has 0 aromatic carbocycles. The summed E-state index contributed by atoms with van der Waals surface area (Å²) in [6, 6.07) is 0.734. The zero-order valence-electron chi connectivity index (χ0n) is 9.06. The van der Waals surface area contributed by atoms with Crippen molar-refractivity contribution in [2.75, 3.05) is 13.1 Å². The SMILES string of the molecule is O=C(O)/C=C/CN1CCCC2CCCC21. The largest absolute Gasteiger partial charge is 0.478 e. The number of piperidine rings is 1. The van der Waals surface area contributed by atoms with E-state index in [-0.39, 0.29) is 0 Å². The molecule has 0 radical (unpaired) electrons. The van der Waals surface area contributed by atoms with Crippen molar-refractivity contribution in [3.63, 3.8) is 0 Å². The maximum absolute atomic E-state index is 10.4. The van der Waals surface area contributed by atoms with E-state index in [4.69, 9.17) is 5.11 Å². The molecule has 0 amide bonds. The molecular formula is C12H19NO2. The lowest BCUT2D eigenvalue weighted by molar-refractivity contribution is -0.131. The third-order valence-corrected chi connectivity index (χ3v) is 3.71. The van der Waals surface area contributed by atoms with Crippen molar-refractivity contribution < 1.29 is 9.90 Å². The van der Waals surface area contributed by atoms with Crippen molar-refractivity contribution in [3.05, 3.63) is 12.2 Å². The minimum atomic E-state index is -0.838. The number of carboxylic acid groups (broad SMARTS) is 1. The summed E-state index contributed by atoms with van der Waals surface area (Å²) in [5, 5.41) is 8.53. The molecule has 1 saturated carbocycles. The lowest BCUT2D eigenvalue weighted by Gasteiger charge is -2.37. The Hall–Kier alpha value is -0.830. The van der Waals surface area contributed by atoms with Gasteiger partial charge < -0.3 is 5.11 Å². The third kappa shape index (κ3) is 2.59. The summed E-state index contributed by atoms with van der Waals surface area (Å²) in [6.45, 7) is 1.96. The lowest BCUT2D eigenvalue weighted by Crippen LogP contribution is -2.42. The van der Waals surface area contributed by atoms with Crippen LogP contribution in [0.1, 0.15) is 32.1 Å². The molecule has 2 fully saturated rings. The summed E-state index contributed by atoms with van der Waals surface area (Å²) in [6.07, 6.45) is 9.75. The van der Waals surface area contributed by atoms with Gasteiger partial charge in [-0.1, -0.05) is 12.5 Å². The summed E-state index contributed by atoms with van der Waals surface area (Å²) in [5.41, 5.74) is 0. The molecule has 2 rings (SSSR count). The first-order valence-corrected chi connectivity index (χ1v) is 5.91. The fourth-order valence-corrected chi connectivity index (χ4v) is 3.07. The number of rotatable bonds is 3. The topological polar surface area (TPSA) is 40.5 Å². The van der Waals surface area contributed by atoms with Crippen LogP contribution in [0.25, 0.3) is 0 Å². The molecule has 15 heavy (non-hydrogen) atoms. The molecule has 84 valence electrons. The van der Waals surface area contributed by atoms with Crippen LogP contribution in [0.15, 0.2) is 12.2 Å². The first-order valence-electron chi connectivity index (χ1n) is 5.91. The van der Waals surface area contributed by atoms with Crippen LogP contribution < -0.4 is 0 Å². The average Bonchev–Trinajstić information content (AvgIpc) is 2.65. The molecular weight excluding hydrogens is 190 g/mol. The smallest absolute Gasteiger partial charge is 0.328 e. The van der Waals surface area contributed by atoms with E-state index in [1.807, 2.05) is 0 Å². The zero-order chi connectivity index (χ0) is 10.7. The molecule has 0 spiro atoms. The molecule has 1 aliphatic carbocycles. The number of hydrogen-bond donors (Lipinski definition) is 1. The summed E-state index contributed by atoms with van der Waals surface area (Å²) < 4.78 is 0. The Labute approximate surface area is 90.8 Å². The lowest BCUT2D eigenvalue weighted by atomic mass is 9.92. The predicted molar refractivity (Wildman–Crippen MR) is 58.7 cm³/mol. The van der Waals surface area contributed by atoms with E-state index < -0.39 is 5.97 Å². The highest BCUT2D eigenvalue weighted by Crippen LogP contribution is 2.36. The van der Waals surface area contributed by atoms with Crippen LogP contribution in [0.5, 0.6) is 0 Å². The van der Waals surface area contributed by atoms with Crippen LogP contribution in [0.3, 0.4) is 0 Å². The van der Waals surface area contributed by atoms with Gasteiger partial charge in [-0.3, -0.25) is 4.90 Å². The van der Waals surface area contributed by atoms with Crippen LogP contribution in [0.4, 0.5) is 0 Å². The van der Waals surface area contributed by atoms with Crippen molar-refractivity contribution in [2.45, 2.75) is 38.1 Å². The van der Waals surface area contributed by atoms with Crippen molar-refractivity contribution in [1.82, 2.24) is 4.90 Å². The van der Waals surface area contributed by atoms with Crippen molar-refractivity contribution in [2.24, 2.45) is 5.92 Å². The number of fused-ring (bicyclic) bond motifs is 1. The summed E-state index contributed by atoms with van der Waals surface area (Å²) in [4.78, 5) is 12.8. The summed E-state index contributed by atoms with van der Waals surface area (Å²) in [5.74, 6) is 0.0481. The summed E-state index contributed by atoms with van der Waals surface area (Å²) in [7, 11) is 0. The maximum atomic E-state index is 10.4. The third-order valence-electron chi connectivity index (χ3n) is 3.71. The van der Waals surface area contributed by atoms with Crippen molar-refractivity contribution in [3.8, 4) is 0 Å². The van der Waals surface area contributed by atoms with Gasteiger partial charge in [-0.25, -0.2) is 4.79 Å². The Bertz CT molecular complexity index is 262. The van der Waals surface area contributed by atoms with Gasteiger partial charge in [0.05, 0.1) is 0 Å². The van der Waals surface area contributed by atoms with Crippen LogP contribution in [0.2, 0.25) is 0 Å². The van der Waals surface area contributed by atoms with Gasteiger partial charge in [0.1, 0.15) is 0 Å². The van der Waals surface area contributed by atoms with Crippen molar-refractivity contribution in [1.29, 1.82) is 0 Å². The van der Waals surface area contributed by atoms with Crippen LogP contribution in [-0.4, -0.2) is 35.1 Å². The van der Waals surface area contributed by atoms with E-state index in [1.165, 1.54) is 38.2 Å². The van der Waals surface area contributed by atoms with Gasteiger partial charge in [-0.2, -0.15) is 0 Å².